The van der Waals surface area contributed by atoms with Gasteiger partial charge in [-0.25, -0.2) is 4.98 Å². The molecule has 0 aliphatic carbocycles. The van der Waals surface area contributed by atoms with Gasteiger partial charge in [-0.05, 0) is 50.2 Å². The number of hydrazone groups is 1. The average molecular weight is 410 g/mol. The molecule has 2 aromatic carbocycles. The molecule has 0 aliphatic rings. The van der Waals surface area contributed by atoms with Gasteiger partial charge in [0.2, 0.25) is 5.13 Å². The molecule has 0 amide bonds. The lowest BCUT2D eigenvalue weighted by Crippen LogP contribution is -1.97. The van der Waals surface area contributed by atoms with Crippen molar-refractivity contribution in [2.75, 3.05) is 5.43 Å². The van der Waals surface area contributed by atoms with Gasteiger partial charge in [-0.3, -0.25) is 5.43 Å². The molecule has 0 fully saturated rings. The van der Waals surface area contributed by atoms with Gasteiger partial charge < -0.3 is 4.42 Å². The number of aromatic nitrogens is 1. The molecule has 1 N–H and O–H groups in total. The van der Waals surface area contributed by atoms with E-state index < -0.39 is 0 Å². The lowest BCUT2D eigenvalue weighted by molar-refractivity contribution is 0.604. The van der Waals surface area contributed by atoms with Crippen LogP contribution in [0.2, 0.25) is 5.02 Å². The van der Waals surface area contributed by atoms with Crippen molar-refractivity contribution in [3.63, 3.8) is 0 Å². The summed E-state index contributed by atoms with van der Waals surface area (Å²) in [7, 11) is 0. The van der Waals surface area contributed by atoms with E-state index in [1.807, 2.05) is 56.3 Å². The molecule has 6 nitrogen and oxygen atoms in total. The third-order valence-electron chi connectivity index (χ3n) is 3.96. The minimum atomic E-state index is 0.637. The first kappa shape index (κ1) is 18.3. The van der Waals surface area contributed by atoms with Crippen LogP contribution in [0.15, 0.2) is 74.3 Å². The van der Waals surface area contributed by atoms with Gasteiger partial charge in [0.05, 0.1) is 11.4 Å². The second kappa shape index (κ2) is 7.92. The van der Waals surface area contributed by atoms with Crippen LogP contribution in [0.5, 0.6) is 0 Å². The number of fused-ring (bicyclic) bond motifs is 1. The Labute approximate surface area is 170 Å². The van der Waals surface area contributed by atoms with Crippen LogP contribution in [-0.2, 0) is 0 Å². The molecule has 0 radical (unpaired) electrons. The number of hydrogen-bond donors (Lipinski definition) is 1. The number of anilines is 1. The number of hydrogen-bond acceptors (Lipinski definition) is 7. The van der Waals surface area contributed by atoms with Gasteiger partial charge >= 0.3 is 0 Å². The van der Waals surface area contributed by atoms with Crippen molar-refractivity contribution in [3.8, 4) is 0 Å². The molecule has 0 unspecified atom stereocenters. The zero-order valence-corrected chi connectivity index (χ0v) is 16.8. The number of benzene rings is 2. The molecule has 0 saturated carbocycles. The molecule has 0 saturated heterocycles. The summed E-state index contributed by atoms with van der Waals surface area (Å²) in [5.41, 5.74) is 6.04. The standard InChI is InChI=1S/C20H16ClN5OS/c1-12(18-11-14-5-3-4-6-17(14)27-18)23-26-20-22-13(2)19(28-20)25-24-16-9-7-15(21)8-10-16/h3-11H,1-2H3,(H,22,26)/b23-12+,25-24?. The smallest absolute Gasteiger partial charge is 0.205 e. The van der Waals surface area contributed by atoms with E-state index in [0.29, 0.717) is 20.9 Å². The van der Waals surface area contributed by atoms with Crippen LogP contribution in [0, 0.1) is 6.92 Å². The summed E-state index contributed by atoms with van der Waals surface area (Å²) in [4.78, 5) is 4.44. The van der Waals surface area contributed by atoms with E-state index in [2.05, 4.69) is 25.7 Å². The lowest BCUT2D eigenvalue weighted by Gasteiger charge is -1.96. The number of para-hydroxylation sites is 1. The number of nitrogens with zero attached hydrogens (tertiary/aromatic N) is 4. The van der Waals surface area contributed by atoms with E-state index >= 15 is 0 Å². The van der Waals surface area contributed by atoms with Crippen LogP contribution in [0.1, 0.15) is 18.4 Å². The van der Waals surface area contributed by atoms with Crippen LogP contribution >= 0.6 is 22.9 Å². The van der Waals surface area contributed by atoms with Crippen LogP contribution in [0.25, 0.3) is 11.0 Å². The van der Waals surface area contributed by atoms with Crippen molar-refractivity contribution in [3.05, 3.63) is 71.1 Å². The second-order valence-electron chi connectivity index (χ2n) is 6.04. The van der Waals surface area contributed by atoms with Gasteiger partial charge in [-0.2, -0.15) is 5.10 Å². The van der Waals surface area contributed by atoms with E-state index in [1.54, 1.807) is 12.1 Å². The van der Waals surface area contributed by atoms with Gasteiger partial charge in [0.15, 0.2) is 10.8 Å². The van der Waals surface area contributed by atoms with Crippen LogP contribution < -0.4 is 5.43 Å². The zero-order valence-electron chi connectivity index (χ0n) is 15.2. The molecule has 2 heterocycles. The summed E-state index contributed by atoms with van der Waals surface area (Å²) < 4.78 is 5.81. The molecular formula is C20H16ClN5OS. The maximum Gasteiger partial charge on any atom is 0.205 e. The topological polar surface area (TPSA) is 75.1 Å². The van der Waals surface area contributed by atoms with Crippen LogP contribution in [0.4, 0.5) is 15.8 Å². The molecule has 2 aromatic heterocycles. The van der Waals surface area contributed by atoms with E-state index in [9.17, 15) is 0 Å². The maximum absolute atomic E-state index is 5.88. The number of aryl methyl sites for hydroxylation is 1. The molecule has 8 heteroatoms. The van der Waals surface area contributed by atoms with E-state index in [0.717, 1.165) is 28.1 Å². The largest absolute Gasteiger partial charge is 0.455 e. The van der Waals surface area contributed by atoms with Gasteiger partial charge in [0, 0.05) is 10.4 Å². The SMILES string of the molecule is C/C(=N\Nc1nc(C)c(N=Nc2ccc(Cl)cc2)s1)c1cc2ccccc2o1. The summed E-state index contributed by atoms with van der Waals surface area (Å²) >= 11 is 7.26. The highest BCUT2D eigenvalue weighted by Crippen LogP contribution is 2.32. The number of rotatable bonds is 5. The van der Waals surface area contributed by atoms with Crippen LogP contribution in [-0.4, -0.2) is 10.7 Å². The zero-order chi connectivity index (χ0) is 19.5. The Morgan fingerprint density at radius 2 is 1.89 bits per heavy atom. The van der Waals surface area contributed by atoms with Crippen molar-refractivity contribution in [2.24, 2.45) is 15.3 Å². The summed E-state index contributed by atoms with van der Waals surface area (Å²) in [6.07, 6.45) is 0. The Balaban J connectivity index is 1.48. The molecular weight excluding hydrogens is 394 g/mol. The summed E-state index contributed by atoms with van der Waals surface area (Å²) in [5, 5.41) is 15.9. The minimum absolute atomic E-state index is 0.637. The summed E-state index contributed by atoms with van der Waals surface area (Å²) in [6, 6.07) is 17.0. The molecule has 0 aliphatic heterocycles. The van der Waals surface area contributed by atoms with Gasteiger partial charge in [-0.15, -0.1) is 10.2 Å². The number of halogens is 1. The van der Waals surface area contributed by atoms with Gasteiger partial charge in [-0.1, -0.05) is 41.1 Å². The molecule has 0 atom stereocenters. The van der Waals surface area contributed by atoms with Crippen molar-refractivity contribution < 1.29 is 4.42 Å². The van der Waals surface area contributed by atoms with Crippen molar-refractivity contribution >= 4 is 55.4 Å². The second-order valence-corrected chi connectivity index (χ2v) is 7.46. The van der Waals surface area contributed by atoms with E-state index in [1.165, 1.54) is 11.3 Å². The number of thiazole rings is 1. The fraction of sp³-hybridized carbons (Fsp3) is 0.100. The number of furan rings is 1. The molecule has 0 bridgehead atoms. The van der Waals surface area contributed by atoms with Gasteiger partial charge in [0.1, 0.15) is 11.3 Å². The average Bonchev–Trinajstić information content (AvgIpc) is 3.29. The van der Waals surface area contributed by atoms with E-state index in [-0.39, 0.29) is 0 Å². The molecule has 4 rings (SSSR count). The highest BCUT2D eigenvalue weighted by Gasteiger charge is 2.09. The fourth-order valence-electron chi connectivity index (χ4n) is 2.49. The first-order valence-corrected chi connectivity index (χ1v) is 9.72. The van der Waals surface area contributed by atoms with Crippen LogP contribution in [0.3, 0.4) is 0 Å². The molecule has 0 spiro atoms. The summed E-state index contributed by atoms with van der Waals surface area (Å²) in [5.74, 6) is 0.713. The van der Waals surface area contributed by atoms with Crippen molar-refractivity contribution in [2.45, 2.75) is 13.8 Å². The fourth-order valence-corrected chi connectivity index (χ4v) is 3.34. The predicted octanol–water partition coefficient (Wildman–Crippen LogP) is 7.10. The Hall–Kier alpha value is -3.03. The lowest BCUT2D eigenvalue weighted by atomic mass is 10.2. The van der Waals surface area contributed by atoms with E-state index in [4.69, 9.17) is 16.0 Å². The molecule has 4 aromatic rings. The first-order valence-electron chi connectivity index (χ1n) is 8.52. The first-order chi connectivity index (χ1) is 13.6. The van der Waals surface area contributed by atoms with Gasteiger partial charge in [0.25, 0.3) is 0 Å². The third kappa shape index (κ3) is 4.11. The Morgan fingerprint density at radius 1 is 1.11 bits per heavy atom. The normalized spacial score (nSPS) is 12.2. The van der Waals surface area contributed by atoms with Crippen molar-refractivity contribution in [1.29, 1.82) is 0 Å². The number of azo groups is 1. The Kier molecular flexibility index (Phi) is 5.18. The highest BCUT2D eigenvalue weighted by molar-refractivity contribution is 7.19. The highest BCUT2D eigenvalue weighted by atomic mass is 35.5. The Bertz CT molecular complexity index is 1140. The monoisotopic (exact) mass is 409 g/mol. The summed E-state index contributed by atoms with van der Waals surface area (Å²) in [6.45, 7) is 3.76. The van der Waals surface area contributed by atoms with Crippen molar-refractivity contribution in [1.82, 2.24) is 4.98 Å². The minimum Gasteiger partial charge on any atom is -0.455 e. The third-order valence-corrected chi connectivity index (χ3v) is 5.15. The number of nitrogens with one attached hydrogen (secondary N) is 1. The Morgan fingerprint density at radius 3 is 2.68 bits per heavy atom. The maximum atomic E-state index is 5.88. The molecule has 140 valence electrons. The quantitative estimate of drug-likeness (QED) is 0.217. The predicted molar refractivity (Wildman–Crippen MR) is 115 cm³/mol. The molecule has 28 heavy (non-hydrogen) atoms.